The van der Waals surface area contributed by atoms with Gasteiger partial charge in [0, 0.05) is 10.4 Å². The van der Waals surface area contributed by atoms with Crippen molar-refractivity contribution >= 4 is 33.9 Å². The van der Waals surface area contributed by atoms with Gasteiger partial charge in [0.15, 0.2) is 0 Å². The molecule has 0 heterocycles. The first kappa shape index (κ1) is 12.2. The third kappa shape index (κ3) is 3.03. The molecule has 1 rings (SSSR count). The van der Waals surface area contributed by atoms with Crippen molar-refractivity contribution in [3.05, 3.63) is 34.7 Å². The predicted octanol–water partition coefficient (Wildman–Crippen LogP) is 2.01. The van der Waals surface area contributed by atoms with Crippen LogP contribution in [0.4, 0.5) is 0 Å². The van der Waals surface area contributed by atoms with E-state index in [1.54, 1.807) is 0 Å². The Hall–Kier alpha value is -0.890. The minimum atomic E-state index is 0.0846. The Morgan fingerprint density at radius 2 is 2.13 bits per heavy atom. The molecular weight excluding hydrogens is 252 g/mol. The van der Waals surface area contributed by atoms with Gasteiger partial charge in [-0.25, -0.2) is 0 Å². The van der Waals surface area contributed by atoms with Crippen LogP contribution in [0, 0.1) is 0 Å². The zero-order valence-corrected chi connectivity index (χ0v) is 10.6. The van der Waals surface area contributed by atoms with Crippen LogP contribution in [-0.2, 0) is 4.79 Å². The molecule has 1 aromatic carbocycles. The van der Waals surface area contributed by atoms with Crippen molar-refractivity contribution in [3.63, 3.8) is 0 Å². The van der Waals surface area contributed by atoms with Gasteiger partial charge in [-0.05, 0) is 23.8 Å². The first-order valence-corrected chi connectivity index (χ1v) is 6.01. The van der Waals surface area contributed by atoms with Gasteiger partial charge in [0.25, 0.3) is 0 Å². The Bertz CT molecular complexity index is 446. The minimum Gasteiger partial charge on any atom is -0.298 e. The molecule has 0 radical (unpaired) electrons. The average Bonchev–Trinajstić information content (AvgIpc) is 2.21. The highest BCUT2D eigenvalue weighted by molar-refractivity contribution is 9.09. The molecule has 0 spiro atoms. The predicted molar refractivity (Wildman–Crippen MR) is 68.3 cm³/mol. The van der Waals surface area contributed by atoms with Crippen LogP contribution in [0.5, 0.6) is 0 Å². The molecule has 0 amide bonds. The summed E-state index contributed by atoms with van der Waals surface area (Å²) >= 11 is 3.44. The SMILES string of the molecule is CC/C=c1/cccc/c1=C(\C=O)[C@@H](C)Br. The fourth-order valence-corrected chi connectivity index (χ4v) is 1.88. The van der Waals surface area contributed by atoms with Crippen molar-refractivity contribution in [1.29, 1.82) is 0 Å². The molecule has 0 fully saturated rings. The van der Waals surface area contributed by atoms with Crippen LogP contribution >= 0.6 is 15.9 Å². The van der Waals surface area contributed by atoms with Crippen molar-refractivity contribution in [2.24, 2.45) is 0 Å². The summed E-state index contributed by atoms with van der Waals surface area (Å²) in [4.78, 5) is 11.1. The molecule has 2 heteroatoms. The van der Waals surface area contributed by atoms with E-state index in [1.165, 1.54) is 0 Å². The van der Waals surface area contributed by atoms with Gasteiger partial charge in [-0.15, -0.1) is 0 Å². The summed E-state index contributed by atoms with van der Waals surface area (Å²) in [5.41, 5.74) is 0.801. The Balaban J connectivity index is 3.60. The van der Waals surface area contributed by atoms with E-state index < -0.39 is 0 Å². The number of rotatable bonds is 3. The molecule has 0 saturated carbocycles. The lowest BCUT2D eigenvalue weighted by molar-refractivity contribution is -0.103. The molecule has 0 aliphatic rings. The lowest BCUT2D eigenvalue weighted by Gasteiger charge is -2.02. The Kier molecular flexibility index (Phi) is 4.76. The second-order valence-electron chi connectivity index (χ2n) is 3.39. The zero-order chi connectivity index (χ0) is 11.3. The standard InChI is InChI=1S/C13H15BrO/c1-3-6-11-7-4-5-8-12(11)13(9-15)10(2)14/h4-10H,3H2,1-2H3/b11-6-,13-12-/t10-/m1/s1. The highest BCUT2D eigenvalue weighted by atomic mass is 79.9. The molecule has 0 aromatic heterocycles. The monoisotopic (exact) mass is 266 g/mol. The summed E-state index contributed by atoms with van der Waals surface area (Å²) in [5.74, 6) is 0. The van der Waals surface area contributed by atoms with Crippen LogP contribution < -0.4 is 10.4 Å². The maximum atomic E-state index is 11.0. The third-order valence-electron chi connectivity index (χ3n) is 2.25. The van der Waals surface area contributed by atoms with Gasteiger partial charge in [0.2, 0.25) is 0 Å². The molecule has 15 heavy (non-hydrogen) atoms. The van der Waals surface area contributed by atoms with Crippen molar-refractivity contribution in [2.75, 3.05) is 0 Å². The summed E-state index contributed by atoms with van der Waals surface area (Å²) in [5, 5.41) is 2.16. The van der Waals surface area contributed by atoms with Gasteiger partial charge in [-0.2, -0.15) is 0 Å². The van der Waals surface area contributed by atoms with Crippen molar-refractivity contribution in [1.82, 2.24) is 0 Å². The van der Waals surface area contributed by atoms with Gasteiger partial charge in [-0.3, -0.25) is 4.79 Å². The van der Waals surface area contributed by atoms with Gasteiger partial charge in [0.1, 0.15) is 6.29 Å². The fraction of sp³-hybridized carbons (Fsp3) is 0.308. The highest BCUT2D eigenvalue weighted by Crippen LogP contribution is 2.07. The van der Waals surface area contributed by atoms with E-state index in [0.29, 0.717) is 0 Å². The van der Waals surface area contributed by atoms with E-state index >= 15 is 0 Å². The molecule has 0 N–H and O–H groups in total. The first-order chi connectivity index (χ1) is 7.20. The largest absolute Gasteiger partial charge is 0.298 e. The molecule has 0 unspecified atom stereocenters. The van der Waals surface area contributed by atoms with Crippen LogP contribution in [0.2, 0.25) is 0 Å². The number of carbonyl (C=O) groups is 1. The van der Waals surface area contributed by atoms with Gasteiger partial charge in [-0.1, -0.05) is 53.2 Å². The van der Waals surface area contributed by atoms with Gasteiger partial charge >= 0.3 is 0 Å². The van der Waals surface area contributed by atoms with Gasteiger partial charge in [0.05, 0.1) is 0 Å². The number of benzene rings is 1. The van der Waals surface area contributed by atoms with E-state index in [2.05, 4.69) is 28.9 Å². The zero-order valence-electron chi connectivity index (χ0n) is 9.03. The number of hydrogen-bond donors (Lipinski definition) is 0. The second-order valence-corrected chi connectivity index (χ2v) is 4.76. The molecular formula is C13H15BrO. The van der Waals surface area contributed by atoms with E-state index in [4.69, 9.17) is 0 Å². The number of halogens is 1. The maximum Gasteiger partial charge on any atom is 0.147 e. The molecule has 80 valence electrons. The summed E-state index contributed by atoms with van der Waals surface area (Å²) in [6, 6.07) is 7.98. The van der Waals surface area contributed by atoms with Crippen LogP contribution in [0.15, 0.2) is 24.3 Å². The van der Waals surface area contributed by atoms with Crippen molar-refractivity contribution in [2.45, 2.75) is 25.1 Å². The molecule has 0 bridgehead atoms. The van der Waals surface area contributed by atoms with Crippen molar-refractivity contribution in [3.8, 4) is 0 Å². The fourth-order valence-electron chi connectivity index (χ4n) is 1.53. The summed E-state index contributed by atoms with van der Waals surface area (Å²) < 4.78 is 0. The maximum absolute atomic E-state index is 11.0. The Morgan fingerprint density at radius 3 is 2.67 bits per heavy atom. The molecule has 0 saturated heterocycles. The Morgan fingerprint density at radius 1 is 1.47 bits per heavy atom. The van der Waals surface area contributed by atoms with Crippen LogP contribution in [0.1, 0.15) is 20.3 Å². The molecule has 0 aliphatic carbocycles. The quantitative estimate of drug-likeness (QED) is 0.605. The van der Waals surface area contributed by atoms with E-state index in [0.717, 1.165) is 28.7 Å². The second kappa shape index (κ2) is 5.86. The lowest BCUT2D eigenvalue weighted by Crippen LogP contribution is -2.29. The topological polar surface area (TPSA) is 17.1 Å². The first-order valence-electron chi connectivity index (χ1n) is 5.09. The number of alkyl halides is 1. The summed E-state index contributed by atoms with van der Waals surface area (Å²) in [7, 11) is 0. The lowest BCUT2D eigenvalue weighted by atomic mass is 10.1. The number of aldehydes is 1. The number of hydrogen-bond acceptors (Lipinski definition) is 1. The molecule has 0 aliphatic heterocycles. The number of carbonyl (C=O) groups excluding carboxylic acids is 1. The van der Waals surface area contributed by atoms with Crippen LogP contribution in [0.25, 0.3) is 11.6 Å². The minimum absolute atomic E-state index is 0.0846. The smallest absolute Gasteiger partial charge is 0.147 e. The molecule has 1 nitrogen and oxygen atoms in total. The molecule has 1 atom stereocenters. The normalized spacial score (nSPS) is 16.1. The van der Waals surface area contributed by atoms with Crippen LogP contribution in [0.3, 0.4) is 0 Å². The summed E-state index contributed by atoms with van der Waals surface area (Å²) in [6.45, 7) is 4.06. The van der Waals surface area contributed by atoms with E-state index in [1.807, 2.05) is 31.2 Å². The highest BCUT2D eigenvalue weighted by Gasteiger charge is 2.04. The van der Waals surface area contributed by atoms with Crippen molar-refractivity contribution < 1.29 is 4.79 Å². The average molecular weight is 267 g/mol. The van der Waals surface area contributed by atoms with E-state index in [-0.39, 0.29) is 4.83 Å². The third-order valence-corrected chi connectivity index (χ3v) is 2.74. The molecule has 1 aromatic rings. The van der Waals surface area contributed by atoms with E-state index in [9.17, 15) is 4.79 Å². The van der Waals surface area contributed by atoms with Crippen LogP contribution in [-0.4, -0.2) is 11.1 Å². The van der Waals surface area contributed by atoms with Gasteiger partial charge < -0.3 is 0 Å². The summed E-state index contributed by atoms with van der Waals surface area (Å²) in [6.07, 6.45) is 4.04. The Labute approximate surface area is 98.6 Å².